The van der Waals surface area contributed by atoms with E-state index in [4.69, 9.17) is 0 Å². The molecular weight excluding hydrogens is 296 g/mol. The molecule has 1 aliphatic heterocycles. The third-order valence-electron chi connectivity index (χ3n) is 4.17. The van der Waals surface area contributed by atoms with Crippen molar-refractivity contribution in [2.24, 2.45) is 11.8 Å². The van der Waals surface area contributed by atoms with Gasteiger partial charge in [0, 0.05) is 32.7 Å². The van der Waals surface area contributed by atoms with Gasteiger partial charge in [0.15, 0.2) is 0 Å². The minimum absolute atomic E-state index is 0.0267. The van der Waals surface area contributed by atoms with Crippen LogP contribution in [0.25, 0.3) is 0 Å². The highest BCUT2D eigenvalue weighted by atomic mass is 32.1. The summed E-state index contributed by atoms with van der Waals surface area (Å²) in [6, 6.07) is 0.133. The van der Waals surface area contributed by atoms with Gasteiger partial charge in [-0.3, -0.25) is 4.79 Å². The van der Waals surface area contributed by atoms with Crippen molar-refractivity contribution in [2.75, 3.05) is 32.0 Å². The summed E-state index contributed by atoms with van der Waals surface area (Å²) in [6.07, 6.45) is 1.31. The number of aromatic nitrogens is 1. The van der Waals surface area contributed by atoms with E-state index in [0.717, 1.165) is 42.2 Å². The molecule has 2 heterocycles. The van der Waals surface area contributed by atoms with E-state index in [0.29, 0.717) is 5.56 Å². The van der Waals surface area contributed by atoms with Crippen LogP contribution in [0.5, 0.6) is 0 Å². The maximum atomic E-state index is 12.5. The highest BCUT2D eigenvalue weighted by Crippen LogP contribution is 2.24. The lowest BCUT2D eigenvalue weighted by molar-refractivity contribution is 0.0905. The van der Waals surface area contributed by atoms with Gasteiger partial charge < -0.3 is 15.5 Å². The zero-order valence-corrected chi connectivity index (χ0v) is 15.1. The van der Waals surface area contributed by atoms with Gasteiger partial charge in [-0.2, -0.15) is 4.37 Å². The van der Waals surface area contributed by atoms with Gasteiger partial charge in [-0.05, 0) is 43.6 Å². The third-order valence-corrected chi connectivity index (χ3v) is 5.13. The topological polar surface area (TPSA) is 57.3 Å². The van der Waals surface area contributed by atoms with Crippen LogP contribution in [0.3, 0.4) is 0 Å². The van der Waals surface area contributed by atoms with Gasteiger partial charge in [0.05, 0.1) is 11.3 Å². The fourth-order valence-corrected chi connectivity index (χ4v) is 4.22. The molecular formula is C16H28N4OS. The number of rotatable bonds is 5. The van der Waals surface area contributed by atoms with Crippen LogP contribution in [0.2, 0.25) is 0 Å². The minimum atomic E-state index is -0.0267. The van der Waals surface area contributed by atoms with Crippen molar-refractivity contribution in [3.8, 4) is 0 Å². The summed E-state index contributed by atoms with van der Waals surface area (Å²) < 4.78 is 4.26. The van der Waals surface area contributed by atoms with Crippen molar-refractivity contribution >= 4 is 22.4 Å². The Kier molecular flexibility index (Phi) is 5.81. The summed E-state index contributed by atoms with van der Waals surface area (Å²) in [5.74, 6) is 1.46. The van der Waals surface area contributed by atoms with Crippen molar-refractivity contribution in [1.82, 2.24) is 14.6 Å². The van der Waals surface area contributed by atoms with Crippen LogP contribution < -0.4 is 10.6 Å². The van der Waals surface area contributed by atoms with Crippen LogP contribution in [-0.2, 0) is 0 Å². The van der Waals surface area contributed by atoms with Crippen molar-refractivity contribution in [1.29, 1.82) is 0 Å². The molecule has 1 aromatic heterocycles. The van der Waals surface area contributed by atoms with E-state index in [2.05, 4.69) is 40.7 Å². The van der Waals surface area contributed by atoms with Gasteiger partial charge in [0.2, 0.25) is 0 Å². The number of amides is 1. The van der Waals surface area contributed by atoms with Crippen molar-refractivity contribution < 1.29 is 4.79 Å². The van der Waals surface area contributed by atoms with Crippen molar-refractivity contribution in [3.63, 3.8) is 0 Å². The smallest absolute Gasteiger partial charge is 0.256 e. The van der Waals surface area contributed by atoms with E-state index in [1.165, 1.54) is 18.0 Å². The monoisotopic (exact) mass is 324 g/mol. The molecule has 124 valence electrons. The Morgan fingerprint density at radius 1 is 1.41 bits per heavy atom. The Hall–Kier alpha value is -1.14. The lowest BCUT2D eigenvalue weighted by Gasteiger charge is -2.36. The van der Waals surface area contributed by atoms with Crippen LogP contribution in [0, 0.1) is 18.8 Å². The molecule has 2 N–H and O–H groups in total. The molecule has 1 saturated heterocycles. The zero-order chi connectivity index (χ0) is 16.3. The van der Waals surface area contributed by atoms with Crippen molar-refractivity contribution in [2.45, 2.75) is 40.2 Å². The van der Waals surface area contributed by atoms with Gasteiger partial charge in [-0.15, -0.1) is 0 Å². The minimum Gasteiger partial charge on any atom is -0.378 e. The SMILES string of the molecule is CNc1snc(C)c1C(=O)N[C@@H](C)CN1C[C@H](C)C[C@H](C)C1. The van der Waals surface area contributed by atoms with E-state index >= 15 is 0 Å². The molecule has 1 amide bonds. The largest absolute Gasteiger partial charge is 0.378 e. The van der Waals surface area contributed by atoms with E-state index in [9.17, 15) is 4.79 Å². The van der Waals surface area contributed by atoms with Gasteiger partial charge in [0.25, 0.3) is 5.91 Å². The number of hydrogen-bond donors (Lipinski definition) is 2. The number of nitrogens with zero attached hydrogens (tertiary/aromatic N) is 2. The fraction of sp³-hybridized carbons (Fsp3) is 0.750. The van der Waals surface area contributed by atoms with Gasteiger partial charge in [-0.25, -0.2) is 0 Å². The molecule has 0 radical (unpaired) electrons. The summed E-state index contributed by atoms with van der Waals surface area (Å²) in [7, 11) is 1.82. The second-order valence-corrected chi connectivity index (χ2v) is 7.53. The fourth-order valence-electron chi connectivity index (χ4n) is 3.48. The normalized spacial score (nSPS) is 24.0. The van der Waals surface area contributed by atoms with Gasteiger partial charge >= 0.3 is 0 Å². The predicted octanol–water partition coefficient (Wildman–Crippen LogP) is 2.59. The average Bonchev–Trinajstić information content (AvgIpc) is 2.78. The number of aryl methyl sites for hydroxylation is 1. The average molecular weight is 324 g/mol. The van der Waals surface area contributed by atoms with Gasteiger partial charge in [-0.1, -0.05) is 13.8 Å². The van der Waals surface area contributed by atoms with Crippen LogP contribution in [0.1, 0.15) is 43.2 Å². The molecule has 5 nitrogen and oxygen atoms in total. The number of piperidine rings is 1. The van der Waals surface area contributed by atoms with Gasteiger partial charge in [0.1, 0.15) is 5.00 Å². The summed E-state index contributed by atoms with van der Waals surface area (Å²) in [4.78, 5) is 15.0. The number of likely N-dealkylation sites (tertiary alicyclic amines) is 1. The maximum Gasteiger partial charge on any atom is 0.256 e. The molecule has 6 heteroatoms. The third kappa shape index (κ3) is 4.20. The van der Waals surface area contributed by atoms with E-state index in [1.54, 1.807) is 0 Å². The zero-order valence-electron chi connectivity index (χ0n) is 14.3. The first-order valence-electron chi connectivity index (χ1n) is 8.08. The summed E-state index contributed by atoms with van der Waals surface area (Å²) in [5, 5.41) is 7.00. The second kappa shape index (κ2) is 7.42. The lowest BCUT2D eigenvalue weighted by Crippen LogP contribution is -2.47. The number of carbonyl (C=O) groups excluding carboxylic acids is 1. The summed E-state index contributed by atoms with van der Waals surface area (Å²) in [6.45, 7) is 11.8. The number of anilines is 1. The molecule has 1 aromatic rings. The molecule has 0 spiro atoms. The molecule has 0 unspecified atom stereocenters. The molecule has 1 aliphatic rings. The molecule has 0 aliphatic carbocycles. The molecule has 22 heavy (non-hydrogen) atoms. The Labute approximate surface area is 137 Å². The Morgan fingerprint density at radius 2 is 2.05 bits per heavy atom. The lowest BCUT2D eigenvalue weighted by atomic mass is 9.92. The number of nitrogens with one attached hydrogen (secondary N) is 2. The first-order chi connectivity index (χ1) is 10.4. The van der Waals surface area contributed by atoms with E-state index in [1.807, 2.05) is 14.0 Å². The standard InChI is InChI=1S/C16H28N4OS/c1-10-6-11(2)8-20(7-10)9-12(3)18-15(21)14-13(4)19-22-16(14)17-5/h10-12,17H,6-9H2,1-5H3,(H,18,21)/t10-,11+,12-/m0/s1. The van der Waals surface area contributed by atoms with Crippen LogP contribution in [-0.4, -0.2) is 47.9 Å². The molecule has 0 saturated carbocycles. The van der Waals surface area contributed by atoms with Crippen LogP contribution >= 0.6 is 11.5 Å². The predicted molar refractivity (Wildman–Crippen MR) is 92.7 cm³/mol. The molecule has 0 bridgehead atoms. The first kappa shape index (κ1) is 17.2. The first-order valence-corrected chi connectivity index (χ1v) is 8.85. The van der Waals surface area contributed by atoms with Crippen LogP contribution in [0.15, 0.2) is 0 Å². The highest BCUT2D eigenvalue weighted by molar-refractivity contribution is 7.10. The molecule has 0 aromatic carbocycles. The molecule has 2 rings (SSSR count). The maximum absolute atomic E-state index is 12.5. The quantitative estimate of drug-likeness (QED) is 0.874. The summed E-state index contributed by atoms with van der Waals surface area (Å²) in [5.41, 5.74) is 1.47. The van der Waals surface area contributed by atoms with Crippen molar-refractivity contribution in [3.05, 3.63) is 11.3 Å². The summed E-state index contributed by atoms with van der Waals surface area (Å²) >= 11 is 1.34. The second-order valence-electron chi connectivity index (χ2n) is 6.76. The number of carbonyl (C=O) groups is 1. The van der Waals surface area contributed by atoms with E-state index < -0.39 is 0 Å². The molecule has 1 fully saturated rings. The Bertz CT molecular complexity index is 506. The molecule has 3 atom stereocenters. The number of hydrogen-bond acceptors (Lipinski definition) is 5. The Balaban J connectivity index is 1.92. The van der Waals surface area contributed by atoms with E-state index in [-0.39, 0.29) is 11.9 Å². The highest BCUT2D eigenvalue weighted by Gasteiger charge is 2.24. The Morgan fingerprint density at radius 3 is 2.64 bits per heavy atom. The van der Waals surface area contributed by atoms with Crippen LogP contribution in [0.4, 0.5) is 5.00 Å².